The van der Waals surface area contributed by atoms with Gasteiger partial charge in [-0.05, 0) is 31.5 Å². The van der Waals surface area contributed by atoms with Gasteiger partial charge < -0.3 is 4.74 Å². The van der Waals surface area contributed by atoms with E-state index in [1.165, 1.54) is 28.0 Å². The van der Waals surface area contributed by atoms with Crippen molar-refractivity contribution in [1.82, 2.24) is 4.57 Å². The summed E-state index contributed by atoms with van der Waals surface area (Å²) >= 11 is 1.24. The average molecular weight is 344 g/mol. The van der Waals surface area contributed by atoms with Crippen LogP contribution < -0.4 is 4.80 Å². The van der Waals surface area contributed by atoms with Crippen LogP contribution in [-0.2, 0) is 17.3 Å². The fourth-order valence-electron chi connectivity index (χ4n) is 1.88. The van der Waals surface area contributed by atoms with E-state index in [-0.39, 0.29) is 11.4 Å². The fourth-order valence-corrected chi connectivity index (χ4v) is 2.80. The molecule has 0 aliphatic rings. The molecule has 2 aromatic rings. The Labute approximate surface area is 134 Å². The van der Waals surface area contributed by atoms with E-state index in [9.17, 15) is 18.0 Å². The second kappa shape index (κ2) is 6.99. The largest absolute Gasteiger partial charge is 0.448 e. The molecule has 0 atom stereocenters. The van der Waals surface area contributed by atoms with Crippen LogP contribution in [-0.4, -0.2) is 17.3 Å². The molecule has 8 heteroatoms. The second-order valence-corrected chi connectivity index (χ2v) is 5.66. The Hall–Kier alpha value is -2.09. The van der Waals surface area contributed by atoms with Gasteiger partial charge in [0, 0.05) is 16.8 Å². The van der Waals surface area contributed by atoms with Crippen LogP contribution in [0.3, 0.4) is 0 Å². The summed E-state index contributed by atoms with van der Waals surface area (Å²) in [7, 11) is 0. The van der Waals surface area contributed by atoms with Crippen molar-refractivity contribution in [2.75, 3.05) is 6.61 Å². The summed E-state index contributed by atoms with van der Waals surface area (Å²) in [6.45, 7) is 3.74. The van der Waals surface area contributed by atoms with Gasteiger partial charge in [-0.15, -0.1) is 16.3 Å². The Morgan fingerprint density at radius 1 is 1.35 bits per heavy atom. The smallest absolute Gasteiger partial charge is 0.436 e. The van der Waals surface area contributed by atoms with Crippen molar-refractivity contribution in [1.29, 1.82) is 0 Å². The Balaban J connectivity index is 2.55. The third-order valence-corrected chi connectivity index (χ3v) is 4.08. The molecular formula is C15H15F3N2O2S. The highest BCUT2D eigenvalue weighted by Crippen LogP contribution is 2.30. The lowest BCUT2D eigenvalue weighted by atomic mass is 10.2. The monoisotopic (exact) mass is 344 g/mol. The number of hydrogen-bond acceptors (Lipinski definition) is 3. The number of nitrogens with zero attached hydrogens (tertiary/aromatic N) is 2. The van der Waals surface area contributed by atoms with Gasteiger partial charge >= 0.3 is 12.3 Å². The van der Waals surface area contributed by atoms with E-state index in [2.05, 4.69) is 4.99 Å². The summed E-state index contributed by atoms with van der Waals surface area (Å²) in [6, 6.07) is 4.88. The Morgan fingerprint density at radius 2 is 2.09 bits per heavy atom. The first-order valence-corrected chi connectivity index (χ1v) is 7.77. The van der Waals surface area contributed by atoms with Crippen molar-refractivity contribution in [2.45, 2.75) is 26.4 Å². The number of benzene rings is 1. The van der Waals surface area contributed by atoms with E-state index in [1.807, 2.05) is 6.92 Å². The molecule has 1 aromatic heterocycles. The van der Waals surface area contributed by atoms with Crippen molar-refractivity contribution in [3.8, 4) is 5.69 Å². The zero-order valence-corrected chi connectivity index (χ0v) is 13.4. The van der Waals surface area contributed by atoms with Crippen molar-refractivity contribution in [3.05, 3.63) is 45.7 Å². The molecule has 0 bridgehead atoms. The first-order chi connectivity index (χ1) is 10.8. The summed E-state index contributed by atoms with van der Waals surface area (Å²) in [6.07, 6.45) is -2.84. The summed E-state index contributed by atoms with van der Waals surface area (Å²) in [5.41, 5.74) is -0.465. The van der Waals surface area contributed by atoms with Gasteiger partial charge in [0.2, 0.25) is 4.80 Å². The molecule has 0 radical (unpaired) electrons. The first-order valence-electron chi connectivity index (χ1n) is 6.95. The highest BCUT2D eigenvalue weighted by Gasteiger charge is 2.30. The molecule has 0 fully saturated rings. The van der Waals surface area contributed by atoms with Crippen molar-refractivity contribution in [3.63, 3.8) is 0 Å². The molecule has 1 amide bonds. The van der Waals surface area contributed by atoms with Gasteiger partial charge in [-0.1, -0.05) is 13.0 Å². The maximum atomic E-state index is 12.9. The van der Waals surface area contributed by atoms with Crippen molar-refractivity contribution >= 4 is 17.4 Å². The summed E-state index contributed by atoms with van der Waals surface area (Å²) in [4.78, 5) is 16.5. The van der Waals surface area contributed by atoms with Crippen LogP contribution in [0.2, 0.25) is 0 Å². The normalized spacial score (nSPS) is 12.5. The third kappa shape index (κ3) is 4.22. The zero-order valence-electron chi connectivity index (χ0n) is 12.6. The number of alkyl halides is 3. The van der Waals surface area contributed by atoms with E-state index in [0.29, 0.717) is 12.1 Å². The number of aromatic nitrogens is 1. The van der Waals surface area contributed by atoms with E-state index in [1.54, 1.807) is 13.1 Å². The molecule has 0 aliphatic carbocycles. The average Bonchev–Trinajstić information content (AvgIpc) is 2.89. The molecule has 0 spiro atoms. The molecule has 1 heterocycles. The van der Waals surface area contributed by atoms with Crippen LogP contribution in [0.5, 0.6) is 0 Å². The minimum absolute atomic E-state index is 0.178. The summed E-state index contributed by atoms with van der Waals surface area (Å²) in [5, 5.41) is 0. The summed E-state index contributed by atoms with van der Waals surface area (Å²) in [5.74, 6) is 0. The molecule has 1 aromatic carbocycles. The van der Waals surface area contributed by atoms with Gasteiger partial charge in [0.1, 0.15) is 0 Å². The lowest BCUT2D eigenvalue weighted by Gasteiger charge is -2.09. The Kier molecular flexibility index (Phi) is 5.25. The fraction of sp³-hybridized carbons (Fsp3) is 0.333. The molecule has 0 N–H and O–H groups in total. The van der Waals surface area contributed by atoms with Gasteiger partial charge in [-0.3, -0.25) is 4.57 Å². The maximum Gasteiger partial charge on any atom is 0.436 e. The number of hydrogen-bond donors (Lipinski definition) is 0. The molecule has 0 saturated heterocycles. The van der Waals surface area contributed by atoms with E-state index >= 15 is 0 Å². The molecule has 23 heavy (non-hydrogen) atoms. The SMILES string of the molecule is CCOC(=O)/N=c1/sc(CC)cn1-c1cccc(C(F)(F)F)c1. The molecule has 124 valence electrons. The lowest BCUT2D eigenvalue weighted by Crippen LogP contribution is -2.16. The van der Waals surface area contributed by atoms with Gasteiger partial charge in [-0.2, -0.15) is 13.2 Å². The predicted octanol–water partition coefficient (Wildman–Crippen LogP) is 4.18. The predicted molar refractivity (Wildman–Crippen MR) is 80.6 cm³/mol. The number of thiazole rings is 1. The lowest BCUT2D eigenvalue weighted by molar-refractivity contribution is -0.137. The van der Waals surface area contributed by atoms with Crippen LogP contribution >= 0.6 is 11.3 Å². The molecule has 0 aliphatic heterocycles. The van der Waals surface area contributed by atoms with Gasteiger partial charge in [-0.25, -0.2) is 4.79 Å². The molecule has 4 nitrogen and oxygen atoms in total. The van der Waals surface area contributed by atoms with Crippen LogP contribution in [0.25, 0.3) is 5.69 Å². The second-order valence-electron chi connectivity index (χ2n) is 4.56. The molecule has 2 rings (SSSR count). The number of aryl methyl sites for hydroxylation is 1. The standard InChI is InChI=1S/C15H15F3N2O2S/c1-3-12-9-20(13(23-12)19-14(21)22-4-2)11-7-5-6-10(8-11)15(16,17)18/h5-9H,3-4H2,1-2H3/b19-13+. The number of rotatable bonds is 3. The first kappa shape index (κ1) is 17.3. The van der Waals surface area contributed by atoms with Gasteiger partial charge in [0.25, 0.3) is 0 Å². The minimum Gasteiger partial charge on any atom is -0.448 e. The van der Waals surface area contributed by atoms with E-state index in [0.717, 1.165) is 17.0 Å². The van der Waals surface area contributed by atoms with Gasteiger partial charge in [0.05, 0.1) is 12.2 Å². The number of carbonyl (C=O) groups is 1. The highest BCUT2D eigenvalue weighted by atomic mass is 32.1. The zero-order chi connectivity index (χ0) is 17.0. The van der Waals surface area contributed by atoms with Crippen LogP contribution in [0.15, 0.2) is 35.5 Å². The van der Waals surface area contributed by atoms with Crippen molar-refractivity contribution in [2.24, 2.45) is 4.99 Å². The molecular weight excluding hydrogens is 329 g/mol. The van der Waals surface area contributed by atoms with Crippen LogP contribution in [0.1, 0.15) is 24.3 Å². The quantitative estimate of drug-likeness (QED) is 0.838. The van der Waals surface area contributed by atoms with E-state index < -0.39 is 17.8 Å². The van der Waals surface area contributed by atoms with E-state index in [4.69, 9.17) is 4.74 Å². The number of halogens is 3. The number of ether oxygens (including phenoxy) is 1. The third-order valence-electron chi connectivity index (χ3n) is 2.96. The maximum absolute atomic E-state index is 12.9. The number of amides is 1. The van der Waals surface area contributed by atoms with Gasteiger partial charge in [0.15, 0.2) is 0 Å². The topological polar surface area (TPSA) is 43.6 Å². The van der Waals surface area contributed by atoms with Crippen LogP contribution in [0.4, 0.5) is 18.0 Å². The Bertz CT molecular complexity index is 763. The highest BCUT2D eigenvalue weighted by molar-refractivity contribution is 7.09. The molecule has 0 saturated carbocycles. The minimum atomic E-state index is -4.43. The Morgan fingerprint density at radius 3 is 2.70 bits per heavy atom. The summed E-state index contributed by atoms with van der Waals surface area (Å²) < 4.78 is 44.8. The molecule has 0 unspecified atom stereocenters. The van der Waals surface area contributed by atoms with Crippen LogP contribution in [0, 0.1) is 0 Å². The number of carbonyl (C=O) groups excluding carboxylic acids is 1. The van der Waals surface area contributed by atoms with Crippen molar-refractivity contribution < 1.29 is 22.7 Å².